The van der Waals surface area contributed by atoms with Gasteiger partial charge < -0.3 is 30.8 Å². The Morgan fingerprint density at radius 3 is 2.35 bits per heavy atom. The Morgan fingerprint density at radius 2 is 1.87 bits per heavy atom. The van der Waals surface area contributed by atoms with Crippen molar-refractivity contribution in [3.05, 3.63) is 34.9 Å². The molecule has 1 heterocycles. The molecule has 1 saturated carbocycles. The predicted octanol–water partition coefficient (Wildman–Crippen LogP) is 3.88. The van der Waals surface area contributed by atoms with Crippen LogP contribution in [0.4, 0.5) is 10.5 Å². The first-order valence-corrected chi connectivity index (χ1v) is 10.6. The Labute approximate surface area is 185 Å². The van der Waals surface area contributed by atoms with E-state index in [0.717, 1.165) is 29.7 Å². The fraction of sp³-hybridized carbons (Fsp3) is 0.522. The number of hydrogen-bond donors (Lipinski definition) is 3. The highest BCUT2D eigenvalue weighted by atomic mass is 16.6. The summed E-state index contributed by atoms with van der Waals surface area (Å²) in [4.78, 5) is 23.8. The van der Waals surface area contributed by atoms with Gasteiger partial charge in [0.2, 0.25) is 0 Å². The van der Waals surface area contributed by atoms with Gasteiger partial charge >= 0.3 is 6.09 Å². The lowest BCUT2D eigenvalue weighted by Gasteiger charge is -2.16. The Hall–Kier alpha value is -3.03. The first kappa shape index (κ1) is 26.0. The number of hydrogen-bond acceptors (Lipinski definition) is 6. The molecular formula is C23H36N4O4. The van der Waals surface area contributed by atoms with E-state index in [4.69, 9.17) is 10.1 Å². The highest BCUT2D eigenvalue weighted by Gasteiger charge is 2.31. The molecule has 8 nitrogen and oxygen atoms in total. The summed E-state index contributed by atoms with van der Waals surface area (Å²) in [6.07, 6.45) is 1.36. The van der Waals surface area contributed by atoms with Crippen molar-refractivity contribution in [1.82, 2.24) is 4.90 Å². The molecule has 2 fully saturated rings. The molecule has 0 unspecified atom stereocenters. The van der Waals surface area contributed by atoms with Gasteiger partial charge in [0.25, 0.3) is 5.91 Å². The number of benzene rings is 1. The van der Waals surface area contributed by atoms with Crippen LogP contribution in [0.1, 0.15) is 46.1 Å². The minimum Gasteiger partial charge on any atom is -0.482 e. The molecule has 0 radical (unpaired) electrons. The van der Waals surface area contributed by atoms with E-state index in [1.54, 1.807) is 18.7 Å². The number of ether oxygens (including phenoxy) is 2. The molecule has 0 atom stereocenters. The maximum absolute atomic E-state index is 12.3. The Kier molecular flexibility index (Phi) is 10.6. The zero-order chi connectivity index (χ0) is 23.6. The van der Waals surface area contributed by atoms with Crippen LogP contribution in [-0.2, 0) is 9.53 Å². The van der Waals surface area contributed by atoms with Crippen LogP contribution in [0.25, 0.3) is 0 Å². The number of likely N-dealkylation sites (tertiary alicyclic amines) is 1. The second kappa shape index (κ2) is 12.6. The van der Waals surface area contributed by atoms with Gasteiger partial charge in [-0.25, -0.2) is 4.79 Å². The van der Waals surface area contributed by atoms with Crippen molar-refractivity contribution in [2.75, 3.05) is 32.1 Å². The number of anilines is 1. The zero-order valence-electron chi connectivity index (χ0n) is 19.5. The lowest BCUT2D eigenvalue weighted by molar-refractivity contribution is -0.131. The number of nitrogens with two attached hydrogens (primary N) is 1. The lowest BCUT2D eigenvalue weighted by atomic mass is 10.2. The average Bonchev–Trinajstić information content (AvgIpc) is 3.49. The Bertz CT molecular complexity index is 812. The Balaban J connectivity index is 0.000000457. The van der Waals surface area contributed by atoms with Crippen LogP contribution < -0.4 is 15.8 Å². The third-order valence-corrected chi connectivity index (χ3v) is 4.45. The smallest absolute Gasteiger partial charge is 0.404 e. The van der Waals surface area contributed by atoms with Crippen LogP contribution >= 0.6 is 0 Å². The summed E-state index contributed by atoms with van der Waals surface area (Å²) >= 11 is 0. The molecule has 1 aromatic rings. The molecule has 172 valence electrons. The summed E-state index contributed by atoms with van der Waals surface area (Å²) in [7, 11) is 1.83. The fourth-order valence-corrected chi connectivity index (χ4v) is 2.92. The van der Waals surface area contributed by atoms with Crippen LogP contribution in [-0.4, -0.2) is 55.5 Å². The summed E-state index contributed by atoms with van der Waals surface area (Å²) in [5, 5.41) is 11.1. The van der Waals surface area contributed by atoms with Gasteiger partial charge in [0.15, 0.2) is 6.61 Å². The first-order valence-electron chi connectivity index (χ1n) is 10.6. The number of amides is 2. The molecule has 1 aliphatic carbocycles. The minimum absolute atomic E-state index is 0.00757. The predicted molar refractivity (Wildman–Crippen MR) is 124 cm³/mol. The second-order valence-electron chi connectivity index (χ2n) is 7.33. The molecule has 2 amide bonds. The monoisotopic (exact) mass is 432 g/mol. The van der Waals surface area contributed by atoms with Gasteiger partial charge in [-0.2, -0.15) is 0 Å². The molecule has 3 rings (SSSR count). The van der Waals surface area contributed by atoms with Crippen LogP contribution in [0.2, 0.25) is 0 Å². The van der Waals surface area contributed by atoms with Crippen molar-refractivity contribution < 1.29 is 19.1 Å². The topological polar surface area (TPSA) is 118 Å². The van der Waals surface area contributed by atoms with Gasteiger partial charge in [-0.15, -0.1) is 0 Å². The zero-order valence-corrected chi connectivity index (χ0v) is 19.5. The van der Waals surface area contributed by atoms with Crippen molar-refractivity contribution >= 4 is 23.4 Å². The van der Waals surface area contributed by atoms with Gasteiger partial charge in [0, 0.05) is 13.6 Å². The van der Waals surface area contributed by atoms with E-state index < -0.39 is 6.09 Å². The number of carbonyl (C=O) groups is 2. The van der Waals surface area contributed by atoms with Gasteiger partial charge in [-0.1, -0.05) is 25.5 Å². The maximum Gasteiger partial charge on any atom is 0.404 e. The van der Waals surface area contributed by atoms with Crippen LogP contribution in [0.15, 0.2) is 29.3 Å². The molecule has 0 aromatic heterocycles. The van der Waals surface area contributed by atoms with E-state index in [2.05, 4.69) is 15.8 Å². The number of primary amides is 1. The van der Waals surface area contributed by atoms with Crippen LogP contribution in [0, 0.1) is 12.3 Å². The summed E-state index contributed by atoms with van der Waals surface area (Å²) < 4.78 is 10.1. The third kappa shape index (κ3) is 8.70. The molecule has 2 aliphatic rings. The molecular weight excluding hydrogens is 396 g/mol. The van der Waals surface area contributed by atoms with Crippen molar-refractivity contribution in [3.8, 4) is 5.75 Å². The van der Waals surface area contributed by atoms with E-state index in [9.17, 15) is 9.59 Å². The molecule has 0 bridgehead atoms. The molecule has 1 aliphatic heterocycles. The van der Waals surface area contributed by atoms with Crippen molar-refractivity contribution in [3.63, 3.8) is 0 Å². The van der Waals surface area contributed by atoms with Gasteiger partial charge in [-0.05, 0) is 56.9 Å². The third-order valence-electron chi connectivity index (χ3n) is 4.45. The van der Waals surface area contributed by atoms with E-state index >= 15 is 0 Å². The van der Waals surface area contributed by atoms with Crippen LogP contribution in [0.5, 0.6) is 5.75 Å². The number of nitrogens with zero attached hydrogens (tertiary/aromatic N) is 1. The first-order chi connectivity index (χ1) is 14.7. The molecule has 31 heavy (non-hydrogen) atoms. The summed E-state index contributed by atoms with van der Waals surface area (Å²) in [5.41, 5.74) is 9.65. The number of allylic oxidation sites excluding steroid dienone is 1. The average molecular weight is 433 g/mol. The molecule has 4 N–H and O–H groups in total. The maximum atomic E-state index is 12.3. The quantitative estimate of drug-likeness (QED) is 0.652. The SMILES string of the molecule is CC.CC(C)OC(N)=O.CNc1cc(C)ccc1OCC(=O)N1CC(=N)C(=C2CC2)C1. The van der Waals surface area contributed by atoms with Gasteiger partial charge in [0.1, 0.15) is 5.75 Å². The summed E-state index contributed by atoms with van der Waals surface area (Å²) in [6.45, 7) is 10.5. The normalized spacial score (nSPS) is 14.3. The number of carbonyl (C=O) groups excluding carboxylic acids is 2. The van der Waals surface area contributed by atoms with E-state index in [0.29, 0.717) is 24.6 Å². The number of nitrogens with one attached hydrogen (secondary N) is 2. The van der Waals surface area contributed by atoms with Gasteiger partial charge in [0.05, 0.1) is 24.0 Å². The van der Waals surface area contributed by atoms with Crippen LogP contribution in [0.3, 0.4) is 0 Å². The van der Waals surface area contributed by atoms with Crippen molar-refractivity contribution in [1.29, 1.82) is 5.41 Å². The van der Waals surface area contributed by atoms with Crippen molar-refractivity contribution in [2.24, 2.45) is 5.73 Å². The Morgan fingerprint density at radius 1 is 1.23 bits per heavy atom. The van der Waals surface area contributed by atoms with E-state index in [1.807, 2.05) is 46.0 Å². The molecule has 1 saturated heterocycles. The standard InChI is InChI=1S/C17H21N3O2.C4H9NO2.C2H6/c1-11-3-6-16(15(7-11)19-2)22-10-17(21)20-8-13(12-4-5-12)14(18)9-20;1-3(2)7-4(5)6;1-2/h3,6-7,18-19H,4-5,8-10H2,1-2H3;3H,1-2H3,(H2,5,6);1-2H3. The minimum atomic E-state index is -0.713. The van der Waals surface area contributed by atoms with Crippen molar-refractivity contribution in [2.45, 2.75) is 53.6 Å². The fourth-order valence-electron chi connectivity index (χ4n) is 2.92. The molecule has 0 spiro atoms. The largest absolute Gasteiger partial charge is 0.482 e. The summed E-state index contributed by atoms with van der Waals surface area (Å²) in [6, 6.07) is 5.82. The highest BCUT2D eigenvalue weighted by Crippen LogP contribution is 2.34. The molecule has 1 aromatic carbocycles. The van der Waals surface area contributed by atoms with E-state index in [1.165, 1.54) is 5.57 Å². The molecule has 8 heteroatoms. The number of aryl methyl sites for hydroxylation is 1. The number of rotatable bonds is 5. The van der Waals surface area contributed by atoms with Gasteiger partial charge in [-0.3, -0.25) is 4.79 Å². The highest BCUT2D eigenvalue weighted by molar-refractivity contribution is 6.05. The van der Waals surface area contributed by atoms with E-state index in [-0.39, 0.29) is 18.6 Å². The summed E-state index contributed by atoms with van der Waals surface area (Å²) in [5.74, 6) is 0.611. The lowest BCUT2D eigenvalue weighted by Crippen LogP contribution is -2.33. The second-order valence-corrected chi connectivity index (χ2v) is 7.33.